The van der Waals surface area contributed by atoms with Gasteiger partial charge in [0, 0.05) is 5.03 Å². The summed E-state index contributed by atoms with van der Waals surface area (Å²) in [4.78, 5) is 0. The van der Waals surface area contributed by atoms with Gasteiger partial charge in [-0.25, -0.2) is 0 Å². The van der Waals surface area contributed by atoms with E-state index in [0.717, 1.165) is 17.9 Å². The van der Waals surface area contributed by atoms with Crippen LogP contribution in [0.15, 0.2) is 29.8 Å². The van der Waals surface area contributed by atoms with Crippen LogP contribution in [0.1, 0.15) is 23.1 Å². The Hall–Kier alpha value is -0.750. The fraction of sp³-hybridized carbons (Fsp3) is 0.333. The Kier molecular flexibility index (Phi) is 3.56. The fourth-order valence-electron chi connectivity index (χ4n) is 1.24. The SMILES string of the molecule is C=C(Cl)CCc1ccc(C)c(C)c1. The van der Waals surface area contributed by atoms with Crippen molar-refractivity contribution in [2.24, 2.45) is 0 Å². The third-order valence-corrected chi connectivity index (χ3v) is 2.45. The first kappa shape index (κ1) is 10.3. The molecule has 1 heteroatoms. The van der Waals surface area contributed by atoms with E-state index >= 15 is 0 Å². The number of benzene rings is 1. The predicted molar refractivity (Wildman–Crippen MR) is 59.2 cm³/mol. The van der Waals surface area contributed by atoms with Crippen molar-refractivity contribution in [2.75, 3.05) is 0 Å². The summed E-state index contributed by atoms with van der Waals surface area (Å²) in [5.74, 6) is 0. The molecule has 0 heterocycles. The molecular weight excluding hydrogens is 180 g/mol. The third-order valence-electron chi connectivity index (χ3n) is 2.26. The summed E-state index contributed by atoms with van der Waals surface area (Å²) >= 11 is 5.70. The summed E-state index contributed by atoms with van der Waals surface area (Å²) in [6, 6.07) is 6.53. The first-order valence-electron chi connectivity index (χ1n) is 4.49. The quantitative estimate of drug-likeness (QED) is 0.683. The number of halogens is 1. The molecule has 0 unspecified atom stereocenters. The van der Waals surface area contributed by atoms with Crippen molar-refractivity contribution in [1.82, 2.24) is 0 Å². The Bertz CT molecular complexity index is 313. The monoisotopic (exact) mass is 194 g/mol. The van der Waals surface area contributed by atoms with Gasteiger partial charge in [0.05, 0.1) is 0 Å². The molecule has 1 aromatic carbocycles. The molecule has 0 radical (unpaired) electrons. The third kappa shape index (κ3) is 3.23. The first-order valence-corrected chi connectivity index (χ1v) is 4.87. The van der Waals surface area contributed by atoms with Crippen molar-refractivity contribution in [1.29, 1.82) is 0 Å². The second kappa shape index (κ2) is 4.48. The molecule has 0 atom stereocenters. The minimum Gasteiger partial charge on any atom is -0.0898 e. The number of allylic oxidation sites excluding steroid dienone is 1. The molecule has 0 aliphatic rings. The Morgan fingerprint density at radius 1 is 1.31 bits per heavy atom. The summed E-state index contributed by atoms with van der Waals surface area (Å²) in [6.45, 7) is 7.93. The maximum atomic E-state index is 5.70. The highest BCUT2D eigenvalue weighted by Crippen LogP contribution is 2.14. The van der Waals surface area contributed by atoms with E-state index in [1.807, 2.05) is 0 Å². The molecule has 1 rings (SSSR count). The van der Waals surface area contributed by atoms with Gasteiger partial charge < -0.3 is 0 Å². The number of aryl methyl sites for hydroxylation is 3. The minimum atomic E-state index is 0.734. The Morgan fingerprint density at radius 2 is 2.00 bits per heavy atom. The first-order chi connectivity index (χ1) is 6.09. The van der Waals surface area contributed by atoms with Crippen LogP contribution in [0.25, 0.3) is 0 Å². The van der Waals surface area contributed by atoms with E-state index in [1.165, 1.54) is 16.7 Å². The molecule has 0 amide bonds. The van der Waals surface area contributed by atoms with Gasteiger partial charge in [-0.3, -0.25) is 0 Å². The molecule has 13 heavy (non-hydrogen) atoms. The highest BCUT2D eigenvalue weighted by molar-refractivity contribution is 6.29. The van der Waals surface area contributed by atoms with Gasteiger partial charge in [-0.05, 0) is 43.4 Å². The Balaban J connectivity index is 2.68. The molecule has 0 N–H and O–H groups in total. The van der Waals surface area contributed by atoms with Crippen molar-refractivity contribution in [2.45, 2.75) is 26.7 Å². The van der Waals surface area contributed by atoms with Crippen LogP contribution < -0.4 is 0 Å². The van der Waals surface area contributed by atoms with Gasteiger partial charge in [-0.15, -0.1) is 0 Å². The predicted octanol–water partition coefficient (Wildman–Crippen LogP) is 3.99. The van der Waals surface area contributed by atoms with Crippen LogP contribution in [-0.2, 0) is 6.42 Å². The standard InChI is InChI=1S/C12H15Cl/c1-9-4-6-12(8-10(9)2)7-5-11(3)13/h4,6,8H,3,5,7H2,1-2H3. The summed E-state index contributed by atoms with van der Waals surface area (Å²) < 4.78 is 0. The van der Waals surface area contributed by atoms with E-state index in [1.54, 1.807) is 0 Å². The largest absolute Gasteiger partial charge is 0.0898 e. The highest BCUT2D eigenvalue weighted by Gasteiger charge is 1.97. The van der Waals surface area contributed by atoms with Crippen LogP contribution in [0.4, 0.5) is 0 Å². The van der Waals surface area contributed by atoms with E-state index in [9.17, 15) is 0 Å². The van der Waals surface area contributed by atoms with Crippen LogP contribution in [0, 0.1) is 13.8 Å². The number of hydrogen-bond acceptors (Lipinski definition) is 0. The van der Waals surface area contributed by atoms with Crippen LogP contribution in [0.2, 0.25) is 0 Å². The minimum absolute atomic E-state index is 0.734. The second-order valence-corrected chi connectivity index (χ2v) is 3.97. The van der Waals surface area contributed by atoms with Crippen molar-refractivity contribution in [3.8, 4) is 0 Å². The molecule has 0 saturated carbocycles. The van der Waals surface area contributed by atoms with Crippen LogP contribution in [0.3, 0.4) is 0 Å². The maximum absolute atomic E-state index is 5.70. The molecular formula is C12H15Cl. The van der Waals surface area contributed by atoms with E-state index in [-0.39, 0.29) is 0 Å². The topological polar surface area (TPSA) is 0 Å². The average molecular weight is 195 g/mol. The van der Waals surface area contributed by atoms with Crippen molar-refractivity contribution in [3.63, 3.8) is 0 Å². The highest BCUT2D eigenvalue weighted by atomic mass is 35.5. The zero-order valence-corrected chi connectivity index (χ0v) is 8.99. The lowest BCUT2D eigenvalue weighted by molar-refractivity contribution is 0.984. The molecule has 0 fully saturated rings. The lowest BCUT2D eigenvalue weighted by atomic mass is 10.0. The lowest BCUT2D eigenvalue weighted by Crippen LogP contribution is -1.88. The van der Waals surface area contributed by atoms with Gasteiger partial charge >= 0.3 is 0 Å². The van der Waals surface area contributed by atoms with E-state index in [2.05, 4.69) is 38.6 Å². The van der Waals surface area contributed by atoms with E-state index < -0.39 is 0 Å². The molecule has 0 aliphatic carbocycles. The lowest BCUT2D eigenvalue weighted by Gasteiger charge is -2.04. The molecule has 0 nitrogen and oxygen atoms in total. The average Bonchev–Trinajstić information content (AvgIpc) is 2.07. The van der Waals surface area contributed by atoms with Crippen LogP contribution in [0.5, 0.6) is 0 Å². The van der Waals surface area contributed by atoms with Gasteiger partial charge in [-0.1, -0.05) is 36.4 Å². The van der Waals surface area contributed by atoms with Crippen molar-refractivity contribution in [3.05, 3.63) is 46.5 Å². The molecule has 1 aromatic rings. The van der Waals surface area contributed by atoms with Gasteiger partial charge in [0.1, 0.15) is 0 Å². The van der Waals surface area contributed by atoms with Crippen LogP contribution >= 0.6 is 11.6 Å². The van der Waals surface area contributed by atoms with Crippen molar-refractivity contribution >= 4 is 11.6 Å². The van der Waals surface area contributed by atoms with E-state index in [4.69, 9.17) is 11.6 Å². The van der Waals surface area contributed by atoms with Gasteiger partial charge in [-0.2, -0.15) is 0 Å². The summed E-state index contributed by atoms with van der Waals surface area (Å²) in [5, 5.41) is 0.734. The molecule has 0 bridgehead atoms. The van der Waals surface area contributed by atoms with Gasteiger partial charge in [0.15, 0.2) is 0 Å². The summed E-state index contributed by atoms with van der Waals surface area (Å²) in [7, 11) is 0. The fourth-order valence-corrected chi connectivity index (χ4v) is 1.33. The van der Waals surface area contributed by atoms with Crippen molar-refractivity contribution < 1.29 is 0 Å². The smallest absolute Gasteiger partial charge is 0.0112 e. The molecule has 0 saturated heterocycles. The van der Waals surface area contributed by atoms with Gasteiger partial charge in [0.2, 0.25) is 0 Å². The normalized spacial score (nSPS) is 10.1. The zero-order chi connectivity index (χ0) is 9.84. The summed E-state index contributed by atoms with van der Waals surface area (Å²) in [5.41, 5.74) is 4.02. The Morgan fingerprint density at radius 3 is 2.54 bits per heavy atom. The second-order valence-electron chi connectivity index (χ2n) is 3.44. The molecule has 0 aromatic heterocycles. The van der Waals surface area contributed by atoms with E-state index in [0.29, 0.717) is 0 Å². The zero-order valence-electron chi connectivity index (χ0n) is 8.23. The molecule has 70 valence electrons. The van der Waals surface area contributed by atoms with Gasteiger partial charge in [0.25, 0.3) is 0 Å². The Labute approximate surface area is 85.2 Å². The molecule has 0 aliphatic heterocycles. The number of hydrogen-bond donors (Lipinski definition) is 0. The number of rotatable bonds is 3. The van der Waals surface area contributed by atoms with Crippen LogP contribution in [-0.4, -0.2) is 0 Å². The summed E-state index contributed by atoms with van der Waals surface area (Å²) in [6.07, 6.45) is 1.85. The maximum Gasteiger partial charge on any atom is 0.0112 e. The molecule has 0 spiro atoms.